The molecule has 0 radical (unpaired) electrons. The summed E-state index contributed by atoms with van der Waals surface area (Å²) >= 11 is 0. The third-order valence-corrected chi connectivity index (χ3v) is 2.82. The van der Waals surface area contributed by atoms with E-state index in [0.717, 1.165) is 16.9 Å². The summed E-state index contributed by atoms with van der Waals surface area (Å²) in [6, 6.07) is 11.4. The van der Waals surface area contributed by atoms with Crippen molar-refractivity contribution in [3.63, 3.8) is 0 Å². The molecule has 19 heavy (non-hydrogen) atoms. The Morgan fingerprint density at radius 2 is 1.89 bits per heavy atom. The Hall–Kier alpha value is -2.36. The lowest BCUT2D eigenvalue weighted by molar-refractivity contribution is 0.0963. The van der Waals surface area contributed by atoms with Crippen LogP contribution < -0.4 is 10.6 Å². The minimum atomic E-state index is -0.0771. The number of amides is 1. The molecule has 0 aliphatic rings. The van der Waals surface area contributed by atoms with E-state index in [-0.39, 0.29) is 5.91 Å². The number of nitrogens with zero attached hydrogens (tertiary/aromatic N) is 1. The van der Waals surface area contributed by atoms with E-state index in [1.54, 1.807) is 19.2 Å². The molecule has 0 saturated carbocycles. The molecule has 1 amide bonds. The Labute approximate surface area is 112 Å². The smallest absolute Gasteiger partial charge is 0.251 e. The summed E-state index contributed by atoms with van der Waals surface area (Å²) < 4.78 is 0. The van der Waals surface area contributed by atoms with Crippen molar-refractivity contribution in [3.05, 3.63) is 59.4 Å². The third kappa shape index (κ3) is 3.55. The molecule has 2 aromatic rings. The quantitative estimate of drug-likeness (QED) is 0.881. The van der Waals surface area contributed by atoms with E-state index in [9.17, 15) is 4.79 Å². The van der Waals surface area contributed by atoms with Gasteiger partial charge < -0.3 is 10.6 Å². The fourth-order valence-electron chi connectivity index (χ4n) is 1.68. The number of carbonyl (C=O) groups is 1. The molecule has 0 saturated heterocycles. The summed E-state index contributed by atoms with van der Waals surface area (Å²) in [5.41, 5.74) is 3.76. The molecule has 98 valence electrons. The van der Waals surface area contributed by atoms with Gasteiger partial charge in [0, 0.05) is 24.5 Å². The first kappa shape index (κ1) is 13.1. The predicted molar refractivity (Wildman–Crippen MR) is 76.1 cm³/mol. The van der Waals surface area contributed by atoms with Gasteiger partial charge in [0.2, 0.25) is 0 Å². The van der Waals surface area contributed by atoms with Crippen molar-refractivity contribution in [1.82, 2.24) is 10.3 Å². The van der Waals surface area contributed by atoms with E-state index in [0.29, 0.717) is 12.1 Å². The molecule has 0 atom stereocenters. The van der Waals surface area contributed by atoms with E-state index in [1.807, 2.05) is 37.4 Å². The highest BCUT2D eigenvalue weighted by atomic mass is 16.1. The molecule has 0 aliphatic carbocycles. The van der Waals surface area contributed by atoms with E-state index in [4.69, 9.17) is 0 Å². The number of carbonyl (C=O) groups excluding carboxylic acids is 1. The molecule has 0 spiro atoms. The fraction of sp³-hybridized carbons (Fsp3) is 0.200. The molecule has 0 aliphatic heterocycles. The van der Waals surface area contributed by atoms with Crippen LogP contribution in [0.3, 0.4) is 0 Å². The van der Waals surface area contributed by atoms with Gasteiger partial charge in [0.05, 0.1) is 12.2 Å². The highest BCUT2D eigenvalue weighted by Gasteiger charge is 2.02. The van der Waals surface area contributed by atoms with E-state index in [2.05, 4.69) is 15.6 Å². The van der Waals surface area contributed by atoms with Gasteiger partial charge in [-0.3, -0.25) is 9.78 Å². The molecule has 4 nitrogen and oxygen atoms in total. The molecule has 1 aromatic heterocycles. The lowest BCUT2D eigenvalue weighted by Crippen LogP contribution is -2.17. The second-order valence-electron chi connectivity index (χ2n) is 4.34. The first-order valence-corrected chi connectivity index (χ1v) is 6.16. The highest BCUT2D eigenvalue weighted by Crippen LogP contribution is 2.10. The largest absolute Gasteiger partial charge is 0.379 e. The highest BCUT2D eigenvalue weighted by molar-refractivity contribution is 5.94. The van der Waals surface area contributed by atoms with E-state index < -0.39 is 0 Å². The van der Waals surface area contributed by atoms with Gasteiger partial charge in [-0.05, 0) is 42.8 Å². The zero-order chi connectivity index (χ0) is 13.7. The molecule has 0 fully saturated rings. The average Bonchev–Trinajstić information content (AvgIpc) is 2.46. The second kappa shape index (κ2) is 6.00. The topological polar surface area (TPSA) is 54.0 Å². The van der Waals surface area contributed by atoms with Crippen molar-refractivity contribution >= 4 is 11.6 Å². The van der Waals surface area contributed by atoms with Gasteiger partial charge in [0.1, 0.15) is 0 Å². The summed E-state index contributed by atoms with van der Waals surface area (Å²) in [4.78, 5) is 15.7. The van der Waals surface area contributed by atoms with E-state index in [1.165, 1.54) is 0 Å². The van der Waals surface area contributed by atoms with Crippen LogP contribution in [0.1, 0.15) is 21.6 Å². The van der Waals surface area contributed by atoms with Crippen LogP contribution in [-0.4, -0.2) is 17.9 Å². The van der Waals surface area contributed by atoms with Crippen LogP contribution in [0.4, 0.5) is 5.69 Å². The van der Waals surface area contributed by atoms with Crippen LogP contribution in [0.15, 0.2) is 42.6 Å². The molecule has 0 bridgehead atoms. The molecular weight excluding hydrogens is 238 g/mol. The average molecular weight is 255 g/mol. The third-order valence-electron chi connectivity index (χ3n) is 2.82. The minimum absolute atomic E-state index is 0.0771. The molecule has 2 N–H and O–H groups in total. The number of nitrogens with one attached hydrogen (secondary N) is 2. The SMILES string of the molecule is CNC(=O)c1ccc(NCc2ccc(C)cn2)cc1. The Kier molecular flexibility index (Phi) is 4.13. The maximum Gasteiger partial charge on any atom is 0.251 e. The zero-order valence-electron chi connectivity index (χ0n) is 11.1. The number of pyridine rings is 1. The number of anilines is 1. The van der Waals surface area contributed by atoms with Crippen molar-refractivity contribution in [3.8, 4) is 0 Å². The van der Waals surface area contributed by atoms with Crippen LogP contribution in [0.25, 0.3) is 0 Å². The van der Waals surface area contributed by atoms with Gasteiger partial charge in [-0.25, -0.2) is 0 Å². The molecular formula is C15H17N3O. The Morgan fingerprint density at radius 3 is 2.47 bits per heavy atom. The Bertz CT molecular complexity index is 547. The standard InChI is InChI=1S/C15H17N3O/c1-11-3-6-14(17-9-11)10-18-13-7-4-12(5-8-13)15(19)16-2/h3-9,18H,10H2,1-2H3,(H,16,19). The van der Waals surface area contributed by atoms with Gasteiger partial charge >= 0.3 is 0 Å². The van der Waals surface area contributed by atoms with Gasteiger partial charge in [0.25, 0.3) is 5.91 Å². The van der Waals surface area contributed by atoms with Crippen LogP contribution in [0.2, 0.25) is 0 Å². The summed E-state index contributed by atoms with van der Waals surface area (Å²) in [7, 11) is 1.62. The normalized spacial score (nSPS) is 10.0. The van der Waals surface area contributed by atoms with Crippen LogP contribution >= 0.6 is 0 Å². The van der Waals surface area contributed by atoms with Crippen molar-refractivity contribution in [2.45, 2.75) is 13.5 Å². The molecule has 1 aromatic carbocycles. The van der Waals surface area contributed by atoms with Crippen molar-refractivity contribution in [2.75, 3.05) is 12.4 Å². The number of benzene rings is 1. The first-order valence-electron chi connectivity index (χ1n) is 6.16. The Morgan fingerprint density at radius 1 is 1.16 bits per heavy atom. The van der Waals surface area contributed by atoms with Gasteiger partial charge in [-0.2, -0.15) is 0 Å². The van der Waals surface area contributed by atoms with Gasteiger partial charge in [-0.15, -0.1) is 0 Å². The van der Waals surface area contributed by atoms with Crippen molar-refractivity contribution in [1.29, 1.82) is 0 Å². The lowest BCUT2D eigenvalue weighted by atomic mass is 10.2. The van der Waals surface area contributed by atoms with Crippen LogP contribution in [0.5, 0.6) is 0 Å². The van der Waals surface area contributed by atoms with Crippen molar-refractivity contribution < 1.29 is 4.79 Å². The van der Waals surface area contributed by atoms with Gasteiger partial charge in [-0.1, -0.05) is 6.07 Å². The Balaban J connectivity index is 1.96. The predicted octanol–water partition coefficient (Wildman–Crippen LogP) is 2.36. The summed E-state index contributed by atoms with van der Waals surface area (Å²) in [6.07, 6.45) is 1.85. The second-order valence-corrected chi connectivity index (χ2v) is 4.34. The summed E-state index contributed by atoms with van der Waals surface area (Å²) in [6.45, 7) is 2.68. The van der Waals surface area contributed by atoms with Crippen molar-refractivity contribution in [2.24, 2.45) is 0 Å². The van der Waals surface area contributed by atoms with E-state index >= 15 is 0 Å². The number of rotatable bonds is 4. The van der Waals surface area contributed by atoms with Gasteiger partial charge in [0.15, 0.2) is 0 Å². The summed E-state index contributed by atoms with van der Waals surface area (Å²) in [5, 5.41) is 5.86. The maximum atomic E-state index is 11.4. The first-order chi connectivity index (χ1) is 9.19. The van der Waals surface area contributed by atoms with Crippen LogP contribution in [0, 0.1) is 6.92 Å². The number of hydrogen-bond donors (Lipinski definition) is 2. The minimum Gasteiger partial charge on any atom is -0.379 e. The number of aromatic nitrogens is 1. The molecule has 1 heterocycles. The monoisotopic (exact) mass is 255 g/mol. The fourth-order valence-corrected chi connectivity index (χ4v) is 1.68. The molecule has 0 unspecified atom stereocenters. The molecule has 4 heteroatoms. The lowest BCUT2D eigenvalue weighted by Gasteiger charge is -2.07. The zero-order valence-corrected chi connectivity index (χ0v) is 11.1. The maximum absolute atomic E-state index is 11.4. The molecule has 2 rings (SSSR count). The number of aryl methyl sites for hydroxylation is 1. The van der Waals surface area contributed by atoms with Crippen LogP contribution in [-0.2, 0) is 6.54 Å². The number of hydrogen-bond acceptors (Lipinski definition) is 3. The summed E-state index contributed by atoms with van der Waals surface area (Å²) in [5.74, 6) is -0.0771.